The second-order valence-corrected chi connectivity index (χ2v) is 10.8. The van der Waals surface area contributed by atoms with Gasteiger partial charge in [-0.25, -0.2) is 13.4 Å². The molecule has 0 spiro atoms. The summed E-state index contributed by atoms with van der Waals surface area (Å²) in [6, 6.07) is 19.6. The molecule has 0 bridgehead atoms. The molecule has 1 aliphatic rings. The first kappa shape index (κ1) is 24.0. The Morgan fingerprint density at radius 3 is 2.39 bits per heavy atom. The number of hydrogen-bond acceptors (Lipinski definition) is 6. The van der Waals surface area contributed by atoms with Crippen molar-refractivity contribution >= 4 is 32.7 Å². The number of sulfonamides is 1. The van der Waals surface area contributed by atoms with Crippen molar-refractivity contribution in [2.75, 3.05) is 25.5 Å². The lowest BCUT2D eigenvalue weighted by molar-refractivity contribution is -0.120. The average molecular weight is 506 g/mol. The van der Waals surface area contributed by atoms with E-state index in [0.29, 0.717) is 48.6 Å². The number of rotatable bonds is 6. The third-order valence-electron chi connectivity index (χ3n) is 6.48. The summed E-state index contributed by atoms with van der Waals surface area (Å²) in [5.41, 5.74) is 3.69. The minimum Gasteiger partial charge on any atom is -0.497 e. The topological polar surface area (TPSA) is 102 Å². The van der Waals surface area contributed by atoms with Gasteiger partial charge in [0.1, 0.15) is 11.3 Å². The van der Waals surface area contributed by atoms with Crippen LogP contribution in [-0.2, 0) is 14.8 Å². The third kappa shape index (κ3) is 4.84. The highest BCUT2D eigenvalue weighted by atomic mass is 32.2. The quantitative estimate of drug-likeness (QED) is 0.402. The van der Waals surface area contributed by atoms with Crippen molar-refractivity contribution in [3.63, 3.8) is 0 Å². The largest absolute Gasteiger partial charge is 0.497 e. The molecule has 186 valence electrons. The molecule has 5 rings (SSSR count). The number of aromatic nitrogens is 1. The van der Waals surface area contributed by atoms with Crippen LogP contribution in [0.3, 0.4) is 0 Å². The highest BCUT2D eigenvalue weighted by molar-refractivity contribution is 7.89. The smallest absolute Gasteiger partial charge is 0.243 e. The average Bonchev–Trinajstić information content (AvgIpc) is 3.32. The van der Waals surface area contributed by atoms with Crippen molar-refractivity contribution in [3.05, 3.63) is 72.3 Å². The molecule has 0 saturated carbocycles. The summed E-state index contributed by atoms with van der Waals surface area (Å²) in [4.78, 5) is 17.7. The summed E-state index contributed by atoms with van der Waals surface area (Å²) in [5.74, 6) is 0.836. The Morgan fingerprint density at radius 1 is 1.03 bits per heavy atom. The SMILES string of the molecule is COc1ccc(-c2nc3ccc(NC(=O)C4CCN(S(=O)(=O)c5ccc(C)cc5)CC4)cc3o2)cc1. The molecular weight excluding hydrogens is 478 g/mol. The van der Waals surface area contributed by atoms with Crippen LogP contribution >= 0.6 is 0 Å². The van der Waals surface area contributed by atoms with E-state index < -0.39 is 10.0 Å². The number of piperidine rings is 1. The van der Waals surface area contributed by atoms with Gasteiger partial charge in [0.2, 0.25) is 21.8 Å². The molecule has 8 nitrogen and oxygen atoms in total. The predicted molar refractivity (Wildman–Crippen MR) is 137 cm³/mol. The van der Waals surface area contributed by atoms with E-state index in [1.807, 2.05) is 31.2 Å². The number of aryl methyl sites for hydroxylation is 1. The number of ether oxygens (including phenoxy) is 1. The Bertz CT molecular complexity index is 1490. The highest BCUT2D eigenvalue weighted by Gasteiger charge is 2.32. The van der Waals surface area contributed by atoms with Crippen molar-refractivity contribution < 1.29 is 22.4 Å². The summed E-state index contributed by atoms with van der Waals surface area (Å²) in [7, 11) is -1.95. The lowest BCUT2D eigenvalue weighted by Crippen LogP contribution is -2.41. The number of benzene rings is 3. The Labute approximate surface area is 210 Å². The number of amides is 1. The minimum atomic E-state index is -3.56. The number of nitrogens with zero attached hydrogens (tertiary/aromatic N) is 2. The summed E-state index contributed by atoms with van der Waals surface area (Å²) < 4.78 is 38.4. The first-order valence-corrected chi connectivity index (χ1v) is 13.2. The van der Waals surface area contributed by atoms with Gasteiger partial charge in [0.05, 0.1) is 12.0 Å². The maximum absolute atomic E-state index is 12.9. The third-order valence-corrected chi connectivity index (χ3v) is 8.39. The second-order valence-electron chi connectivity index (χ2n) is 8.91. The van der Waals surface area contributed by atoms with Crippen LogP contribution in [0.5, 0.6) is 5.75 Å². The number of anilines is 1. The fourth-order valence-electron chi connectivity index (χ4n) is 4.32. The fraction of sp³-hybridized carbons (Fsp3) is 0.259. The molecule has 9 heteroatoms. The fourth-order valence-corrected chi connectivity index (χ4v) is 5.79. The lowest BCUT2D eigenvalue weighted by atomic mass is 9.97. The summed E-state index contributed by atoms with van der Waals surface area (Å²) in [6.07, 6.45) is 0.923. The van der Waals surface area contributed by atoms with Crippen LogP contribution in [-0.4, -0.2) is 43.8 Å². The van der Waals surface area contributed by atoms with Crippen molar-refractivity contribution in [1.82, 2.24) is 9.29 Å². The first-order chi connectivity index (χ1) is 17.3. The molecule has 0 unspecified atom stereocenters. The van der Waals surface area contributed by atoms with E-state index in [1.54, 1.807) is 49.6 Å². The van der Waals surface area contributed by atoms with Gasteiger partial charge in [-0.1, -0.05) is 17.7 Å². The van der Waals surface area contributed by atoms with Gasteiger partial charge in [-0.3, -0.25) is 4.79 Å². The number of nitrogens with one attached hydrogen (secondary N) is 1. The molecule has 3 aromatic carbocycles. The number of oxazole rings is 1. The van der Waals surface area contributed by atoms with Crippen LogP contribution in [0.1, 0.15) is 18.4 Å². The van der Waals surface area contributed by atoms with E-state index in [9.17, 15) is 13.2 Å². The van der Waals surface area contributed by atoms with Crippen molar-refractivity contribution in [2.24, 2.45) is 5.92 Å². The normalized spacial score (nSPS) is 15.2. The van der Waals surface area contributed by atoms with Gasteiger partial charge in [0.25, 0.3) is 0 Å². The predicted octanol–water partition coefficient (Wildman–Crippen LogP) is 4.85. The number of fused-ring (bicyclic) bond motifs is 1. The molecular formula is C27H27N3O5S. The molecule has 0 radical (unpaired) electrons. The highest BCUT2D eigenvalue weighted by Crippen LogP contribution is 2.29. The van der Waals surface area contributed by atoms with E-state index in [-0.39, 0.29) is 16.7 Å². The van der Waals surface area contributed by atoms with Crippen LogP contribution in [0.4, 0.5) is 5.69 Å². The van der Waals surface area contributed by atoms with Gasteiger partial charge >= 0.3 is 0 Å². The minimum absolute atomic E-state index is 0.128. The molecule has 1 aromatic heterocycles. The molecule has 0 aliphatic carbocycles. The van der Waals surface area contributed by atoms with Crippen LogP contribution in [0.25, 0.3) is 22.6 Å². The van der Waals surface area contributed by atoms with E-state index in [2.05, 4.69) is 10.3 Å². The Kier molecular flexibility index (Phi) is 6.51. The van der Waals surface area contributed by atoms with Gasteiger partial charge in [0, 0.05) is 36.3 Å². The molecule has 1 aliphatic heterocycles. The molecule has 2 heterocycles. The Balaban J connectivity index is 1.23. The van der Waals surface area contributed by atoms with Crippen molar-refractivity contribution in [2.45, 2.75) is 24.7 Å². The van der Waals surface area contributed by atoms with Gasteiger partial charge in [-0.2, -0.15) is 4.31 Å². The lowest BCUT2D eigenvalue weighted by Gasteiger charge is -2.30. The molecule has 1 N–H and O–H groups in total. The monoisotopic (exact) mass is 505 g/mol. The molecule has 4 aromatic rings. The van der Waals surface area contributed by atoms with Crippen molar-refractivity contribution in [3.8, 4) is 17.2 Å². The maximum Gasteiger partial charge on any atom is 0.243 e. The Morgan fingerprint density at radius 2 is 1.72 bits per heavy atom. The molecule has 1 fully saturated rings. The Hall–Kier alpha value is -3.69. The summed E-state index contributed by atoms with van der Waals surface area (Å²) in [5, 5.41) is 2.95. The maximum atomic E-state index is 12.9. The van der Waals surface area contributed by atoms with E-state index in [4.69, 9.17) is 9.15 Å². The first-order valence-electron chi connectivity index (χ1n) is 11.8. The number of hydrogen-bond donors (Lipinski definition) is 1. The number of carbonyl (C=O) groups excluding carboxylic acids is 1. The second kappa shape index (κ2) is 9.75. The zero-order chi connectivity index (χ0) is 25.3. The molecule has 1 amide bonds. The molecule has 1 saturated heterocycles. The zero-order valence-corrected chi connectivity index (χ0v) is 20.9. The van der Waals surface area contributed by atoms with Crippen molar-refractivity contribution in [1.29, 1.82) is 0 Å². The number of carbonyl (C=O) groups is 1. The van der Waals surface area contributed by atoms with Gasteiger partial charge in [-0.15, -0.1) is 0 Å². The van der Waals surface area contributed by atoms with Gasteiger partial charge in [0.15, 0.2) is 5.58 Å². The number of methoxy groups -OCH3 is 1. The summed E-state index contributed by atoms with van der Waals surface area (Å²) >= 11 is 0. The zero-order valence-electron chi connectivity index (χ0n) is 20.1. The standard InChI is InChI=1S/C27H27N3O5S/c1-18-3-10-23(11-4-18)36(32,33)30-15-13-19(14-16-30)26(31)28-21-7-12-24-25(17-21)35-27(29-24)20-5-8-22(34-2)9-6-20/h3-12,17,19H,13-16H2,1-2H3,(H,28,31). The van der Waals surface area contributed by atoms with Crippen LogP contribution in [0.2, 0.25) is 0 Å². The van der Waals surface area contributed by atoms with E-state index >= 15 is 0 Å². The van der Waals surface area contributed by atoms with Crippen LogP contribution in [0.15, 0.2) is 76.0 Å². The molecule has 36 heavy (non-hydrogen) atoms. The van der Waals surface area contributed by atoms with Gasteiger partial charge in [-0.05, 0) is 68.3 Å². The molecule has 0 atom stereocenters. The van der Waals surface area contributed by atoms with Crippen LogP contribution < -0.4 is 10.1 Å². The van der Waals surface area contributed by atoms with Gasteiger partial charge < -0.3 is 14.5 Å². The van der Waals surface area contributed by atoms with E-state index in [1.165, 1.54) is 4.31 Å². The van der Waals surface area contributed by atoms with E-state index in [0.717, 1.165) is 16.9 Å². The summed E-state index contributed by atoms with van der Waals surface area (Å²) in [6.45, 7) is 2.53. The van der Waals surface area contributed by atoms with Crippen LogP contribution in [0, 0.1) is 12.8 Å².